The first-order valence-electron chi connectivity index (χ1n) is 7.49. The standard InChI is InChI=1S/C16H24FNO2/c17-14-6-4-5-13(11-14)16(20)12-18(9-10-19)15-7-2-1-3-8-15/h4-6,11,15-16,19-20H,1-3,7-10,12H2/t16-/m0/s1. The molecule has 0 saturated heterocycles. The number of benzene rings is 1. The van der Waals surface area contributed by atoms with Crippen molar-refractivity contribution in [2.45, 2.75) is 44.2 Å². The van der Waals surface area contributed by atoms with Gasteiger partial charge in [-0.3, -0.25) is 4.90 Å². The van der Waals surface area contributed by atoms with Gasteiger partial charge in [-0.1, -0.05) is 31.4 Å². The van der Waals surface area contributed by atoms with Gasteiger partial charge in [0.15, 0.2) is 0 Å². The van der Waals surface area contributed by atoms with E-state index in [4.69, 9.17) is 0 Å². The lowest BCUT2D eigenvalue weighted by molar-refractivity contribution is 0.0598. The second-order valence-electron chi connectivity index (χ2n) is 5.58. The van der Waals surface area contributed by atoms with Gasteiger partial charge in [-0.2, -0.15) is 0 Å². The second kappa shape index (κ2) is 7.72. The van der Waals surface area contributed by atoms with Crippen LogP contribution in [0.5, 0.6) is 0 Å². The Kier molecular flexibility index (Phi) is 5.95. The molecule has 20 heavy (non-hydrogen) atoms. The van der Waals surface area contributed by atoms with E-state index in [1.807, 2.05) is 0 Å². The smallest absolute Gasteiger partial charge is 0.123 e. The predicted molar refractivity (Wildman–Crippen MR) is 76.9 cm³/mol. The van der Waals surface area contributed by atoms with Gasteiger partial charge in [0.05, 0.1) is 12.7 Å². The van der Waals surface area contributed by atoms with Crippen LogP contribution in [-0.2, 0) is 0 Å². The maximum atomic E-state index is 13.2. The molecular weight excluding hydrogens is 257 g/mol. The SMILES string of the molecule is OCCN(C[C@H](O)c1cccc(F)c1)C1CCCCC1. The molecule has 1 fully saturated rings. The third kappa shape index (κ3) is 4.27. The van der Waals surface area contributed by atoms with Crippen molar-refractivity contribution in [2.75, 3.05) is 19.7 Å². The highest BCUT2D eigenvalue weighted by atomic mass is 19.1. The summed E-state index contributed by atoms with van der Waals surface area (Å²) >= 11 is 0. The minimum Gasteiger partial charge on any atom is -0.395 e. The topological polar surface area (TPSA) is 43.7 Å². The van der Waals surface area contributed by atoms with Crippen molar-refractivity contribution in [1.82, 2.24) is 4.90 Å². The van der Waals surface area contributed by atoms with Crippen LogP contribution in [0.3, 0.4) is 0 Å². The van der Waals surface area contributed by atoms with Gasteiger partial charge in [0.25, 0.3) is 0 Å². The average molecular weight is 281 g/mol. The van der Waals surface area contributed by atoms with E-state index >= 15 is 0 Å². The molecule has 1 atom stereocenters. The molecule has 112 valence electrons. The number of nitrogens with zero attached hydrogens (tertiary/aromatic N) is 1. The first-order valence-corrected chi connectivity index (χ1v) is 7.49. The predicted octanol–water partition coefficient (Wildman–Crippen LogP) is 2.49. The van der Waals surface area contributed by atoms with Gasteiger partial charge >= 0.3 is 0 Å². The van der Waals surface area contributed by atoms with E-state index in [2.05, 4.69) is 4.90 Å². The van der Waals surface area contributed by atoms with Crippen molar-refractivity contribution in [3.05, 3.63) is 35.6 Å². The molecule has 1 aromatic carbocycles. The third-order valence-corrected chi connectivity index (χ3v) is 4.12. The summed E-state index contributed by atoms with van der Waals surface area (Å²) in [5, 5.41) is 19.5. The molecule has 1 aromatic rings. The third-order valence-electron chi connectivity index (χ3n) is 4.12. The number of hydrogen-bond acceptors (Lipinski definition) is 3. The van der Waals surface area contributed by atoms with Crippen LogP contribution < -0.4 is 0 Å². The molecule has 4 heteroatoms. The highest BCUT2D eigenvalue weighted by Gasteiger charge is 2.23. The monoisotopic (exact) mass is 281 g/mol. The molecule has 0 radical (unpaired) electrons. The molecule has 1 aliphatic carbocycles. The van der Waals surface area contributed by atoms with E-state index in [-0.39, 0.29) is 12.4 Å². The highest BCUT2D eigenvalue weighted by Crippen LogP contribution is 2.24. The maximum Gasteiger partial charge on any atom is 0.123 e. The molecule has 3 nitrogen and oxygen atoms in total. The summed E-state index contributed by atoms with van der Waals surface area (Å²) < 4.78 is 13.2. The van der Waals surface area contributed by atoms with Crippen molar-refractivity contribution in [2.24, 2.45) is 0 Å². The Labute approximate surface area is 120 Å². The first-order chi connectivity index (χ1) is 9.70. The van der Waals surface area contributed by atoms with Crippen molar-refractivity contribution < 1.29 is 14.6 Å². The van der Waals surface area contributed by atoms with E-state index < -0.39 is 6.10 Å². The summed E-state index contributed by atoms with van der Waals surface area (Å²) in [7, 11) is 0. The summed E-state index contributed by atoms with van der Waals surface area (Å²) in [6.45, 7) is 1.11. The number of halogens is 1. The lowest BCUT2D eigenvalue weighted by Gasteiger charge is -2.35. The second-order valence-corrected chi connectivity index (χ2v) is 5.58. The molecule has 0 unspecified atom stereocenters. The Balaban J connectivity index is 1.99. The molecule has 0 spiro atoms. The zero-order valence-corrected chi connectivity index (χ0v) is 11.8. The zero-order valence-electron chi connectivity index (χ0n) is 11.8. The number of rotatable bonds is 6. The zero-order chi connectivity index (χ0) is 14.4. The molecule has 2 N–H and O–H groups in total. The largest absolute Gasteiger partial charge is 0.395 e. The fourth-order valence-corrected chi connectivity index (χ4v) is 3.04. The van der Waals surface area contributed by atoms with E-state index in [1.165, 1.54) is 31.4 Å². The van der Waals surface area contributed by atoms with Crippen molar-refractivity contribution >= 4 is 0 Å². The Morgan fingerprint density at radius 1 is 1.25 bits per heavy atom. The van der Waals surface area contributed by atoms with Crippen LogP contribution in [0.1, 0.15) is 43.8 Å². The minimum atomic E-state index is -0.709. The molecule has 1 aliphatic rings. The van der Waals surface area contributed by atoms with Gasteiger partial charge in [-0.05, 0) is 30.5 Å². The van der Waals surface area contributed by atoms with Crippen LogP contribution in [-0.4, -0.2) is 40.9 Å². The quantitative estimate of drug-likeness (QED) is 0.842. The Morgan fingerprint density at radius 3 is 2.65 bits per heavy atom. The lowest BCUT2D eigenvalue weighted by Crippen LogP contribution is -2.41. The summed E-state index contributed by atoms with van der Waals surface area (Å²) in [6, 6.07) is 6.54. The van der Waals surface area contributed by atoms with Crippen molar-refractivity contribution in [3.63, 3.8) is 0 Å². The summed E-state index contributed by atoms with van der Waals surface area (Å²) in [4.78, 5) is 2.15. The van der Waals surface area contributed by atoms with Crippen molar-refractivity contribution in [3.8, 4) is 0 Å². The van der Waals surface area contributed by atoms with E-state index in [0.717, 1.165) is 12.8 Å². The van der Waals surface area contributed by atoms with Gasteiger partial charge in [-0.15, -0.1) is 0 Å². The fourth-order valence-electron chi connectivity index (χ4n) is 3.04. The van der Waals surface area contributed by atoms with Crippen LogP contribution in [0.15, 0.2) is 24.3 Å². The summed E-state index contributed by atoms with van der Waals surface area (Å²) in [6.07, 6.45) is 5.23. The van der Waals surface area contributed by atoms with E-state index in [9.17, 15) is 14.6 Å². The van der Waals surface area contributed by atoms with Gasteiger partial charge in [0, 0.05) is 19.1 Å². The van der Waals surface area contributed by atoms with Crippen LogP contribution in [0.2, 0.25) is 0 Å². The van der Waals surface area contributed by atoms with Crippen molar-refractivity contribution in [1.29, 1.82) is 0 Å². The highest BCUT2D eigenvalue weighted by molar-refractivity contribution is 5.19. The maximum absolute atomic E-state index is 13.2. The molecule has 0 heterocycles. The molecule has 1 saturated carbocycles. The molecular formula is C16H24FNO2. The number of aliphatic hydroxyl groups excluding tert-OH is 2. The Bertz CT molecular complexity index is 407. The number of hydrogen-bond donors (Lipinski definition) is 2. The van der Waals surface area contributed by atoms with E-state index in [1.54, 1.807) is 12.1 Å². The number of aliphatic hydroxyl groups is 2. The van der Waals surface area contributed by atoms with Crippen LogP contribution in [0.25, 0.3) is 0 Å². The molecule has 0 aromatic heterocycles. The molecule has 0 bridgehead atoms. The lowest BCUT2D eigenvalue weighted by atomic mass is 9.93. The van der Waals surface area contributed by atoms with Crippen LogP contribution in [0, 0.1) is 5.82 Å². The molecule has 2 rings (SSSR count). The van der Waals surface area contributed by atoms with Gasteiger partial charge in [0.2, 0.25) is 0 Å². The Hall–Kier alpha value is -0.970. The average Bonchev–Trinajstić information content (AvgIpc) is 2.47. The molecule has 0 amide bonds. The summed E-state index contributed by atoms with van der Waals surface area (Å²) in [5.41, 5.74) is 0.601. The minimum absolute atomic E-state index is 0.0897. The molecule has 0 aliphatic heterocycles. The summed E-state index contributed by atoms with van der Waals surface area (Å²) in [5.74, 6) is -0.326. The van der Waals surface area contributed by atoms with Crippen LogP contribution in [0.4, 0.5) is 4.39 Å². The van der Waals surface area contributed by atoms with Crippen LogP contribution >= 0.6 is 0 Å². The Morgan fingerprint density at radius 2 is 2.00 bits per heavy atom. The fraction of sp³-hybridized carbons (Fsp3) is 0.625. The van der Waals surface area contributed by atoms with Gasteiger partial charge < -0.3 is 10.2 Å². The normalized spacial score (nSPS) is 18.4. The van der Waals surface area contributed by atoms with Gasteiger partial charge in [-0.25, -0.2) is 4.39 Å². The first kappa shape index (κ1) is 15.4. The van der Waals surface area contributed by atoms with E-state index in [0.29, 0.717) is 24.7 Å². The van der Waals surface area contributed by atoms with Gasteiger partial charge in [0.1, 0.15) is 5.82 Å².